The van der Waals surface area contributed by atoms with E-state index in [1.165, 1.54) is 11.0 Å². The van der Waals surface area contributed by atoms with Crippen LogP contribution in [-0.2, 0) is 6.54 Å². The standard InChI is InChI=1S/C6H9FN4O/c7-2-1-3-11-9-4-5(10-11)6(8)12/h4H,1-3H2,(H2,8,12). The summed E-state index contributed by atoms with van der Waals surface area (Å²) in [5, 5.41) is 7.42. The van der Waals surface area contributed by atoms with Gasteiger partial charge in [-0.1, -0.05) is 0 Å². The number of rotatable bonds is 4. The van der Waals surface area contributed by atoms with Gasteiger partial charge in [-0.05, 0) is 6.42 Å². The van der Waals surface area contributed by atoms with Gasteiger partial charge < -0.3 is 5.73 Å². The van der Waals surface area contributed by atoms with Gasteiger partial charge in [-0.3, -0.25) is 9.18 Å². The van der Waals surface area contributed by atoms with Crippen molar-refractivity contribution in [2.75, 3.05) is 6.67 Å². The first-order valence-electron chi connectivity index (χ1n) is 3.50. The summed E-state index contributed by atoms with van der Waals surface area (Å²) in [4.78, 5) is 11.8. The molecule has 0 aliphatic carbocycles. The zero-order chi connectivity index (χ0) is 8.97. The van der Waals surface area contributed by atoms with Gasteiger partial charge >= 0.3 is 0 Å². The lowest BCUT2D eigenvalue weighted by molar-refractivity contribution is 0.0994. The molecule has 1 aromatic rings. The molecule has 1 amide bonds. The van der Waals surface area contributed by atoms with Crippen molar-refractivity contribution in [3.8, 4) is 0 Å². The van der Waals surface area contributed by atoms with Gasteiger partial charge in [0, 0.05) is 0 Å². The molecule has 0 spiro atoms. The molecule has 0 aliphatic rings. The topological polar surface area (TPSA) is 73.8 Å². The highest BCUT2D eigenvalue weighted by Gasteiger charge is 2.04. The maximum atomic E-state index is 11.7. The van der Waals surface area contributed by atoms with E-state index in [2.05, 4.69) is 10.2 Å². The van der Waals surface area contributed by atoms with Gasteiger partial charge in [-0.15, -0.1) is 5.10 Å². The Balaban J connectivity index is 2.58. The fourth-order valence-electron chi connectivity index (χ4n) is 0.719. The summed E-state index contributed by atoms with van der Waals surface area (Å²) in [7, 11) is 0. The maximum Gasteiger partial charge on any atom is 0.270 e. The molecule has 0 fully saturated rings. The Bertz CT molecular complexity index is 272. The van der Waals surface area contributed by atoms with Crippen LogP contribution in [0.3, 0.4) is 0 Å². The first-order valence-corrected chi connectivity index (χ1v) is 3.50. The summed E-state index contributed by atoms with van der Waals surface area (Å²) >= 11 is 0. The molecule has 0 aromatic carbocycles. The Kier molecular flexibility index (Phi) is 2.73. The number of amides is 1. The van der Waals surface area contributed by atoms with Crippen LogP contribution in [0.4, 0.5) is 4.39 Å². The van der Waals surface area contributed by atoms with Gasteiger partial charge in [0.2, 0.25) is 0 Å². The molecule has 12 heavy (non-hydrogen) atoms. The van der Waals surface area contributed by atoms with E-state index in [1.54, 1.807) is 0 Å². The molecular formula is C6H9FN4O. The minimum atomic E-state index is -0.624. The number of alkyl halides is 1. The molecule has 0 unspecified atom stereocenters. The van der Waals surface area contributed by atoms with E-state index < -0.39 is 12.6 Å². The number of aryl methyl sites for hydroxylation is 1. The lowest BCUT2D eigenvalue weighted by Crippen LogP contribution is -2.12. The molecule has 0 saturated heterocycles. The van der Waals surface area contributed by atoms with E-state index in [9.17, 15) is 9.18 Å². The van der Waals surface area contributed by atoms with E-state index in [-0.39, 0.29) is 5.69 Å². The number of nitrogens with two attached hydrogens (primary N) is 1. The summed E-state index contributed by atoms with van der Waals surface area (Å²) in [6.07, 6.45) is 1.60. The summed E-state index contributed by atoms with van der Waals surface area (Å²) in [5.74, 6) is -0.624. The second kappa shape index (κ2) is 3.80. The van der Waals surface area contributed by atoms with Crippen LogP contribution in [0.5, 0.6) is 0 Å². The van der Waals surface area contributed by atoms with E-state index >= 15 is 0 Å². The lowest BCUT2D eigenvalue weighted by Gasteiger charge is -1.93. The second-order valence-corrected chi connectivity index (χ2v) is 2.23. The van der Waals surface area contributed by atoms with Gasteiger partial charge in [-0.25, -0.2) is 0 Å². The second-order valence-electron chi connectivity index (χ2n) is 2.23. The average Bonchev–Trinajstić information content (AvgIpc) is 2.48. The summed E-state index contributed by atoms with van der Waals surface area (Å²) in [6, 6.07) is 0. The van der Waals surface area contributed by atoms with E-state index in [4.69, 9.17) is 5.73 Å². The predicted octanol–water partition coefficient (Wildman–Crippen LogP) is -0.263. The quantitative estimate of drug-likeness (QED) is 0.679. The molecule has 66 valence electrons. The monoisotopic (exact) mass is 172 g/mol. The maximum absolute atomic E-state index is 11.7. The minimum Gasteiger partial charge on any atom is -0.364 e. The van der Waals surface area contributed by atoms with Gasteiger partial charge in [-0.2, -0.15) is 9.90 Å². The third-order valence-corrected chi connectivity index (χ3v) is 1.28. The van der Waals surface area contributed by atoms with Crippen LogP contribution in [0, 0.1) is 0 Å². The van der Waals surface area contributed by atoms with Gasteiger partial charge in [0.25, 0.3) is 5.91 Å². The number of halogens is 1. The Morgan fingerprint density at radius 1 is 1.75 bits per heavy atom. The van der Waals surface area contributed by atoms with Crippen LogP contribution < -0.4 is 5.73 Å². The number of hydrogen-bond acceptors (Lipinski definition) is 3. The first kappa shape index (κ1) is 8.63. The largest absolute Gasteiger partial charge is 0.364 e. The van der Waals surface area contributed by atoms with Crippen molar-refractivity contribution in [3.63, 3.8) is 0 Å². The predicted molar refractivity (Wildman–Crippen MR) is 39.1 cm³/mol. The molecule has 0 saturated carbocycles. The van der Waals surface area contributed by atoms with Crippen LogP contribution >= 0.6 is 0 Å². The molecule has 5 nitrogen and oxygen atoms in total. The van der Waals surface area contributed by atoms with Crippen LogP contribution in [0.15, 0.2) is 6.20 Å². The number of carbonyl (C=O) groups is 1. The normalized spacial score (nSPS) is 10.1. The molecule has 1 rings (SSSR count). The van der Waals surface area contributed by atoms with Crippen molar-refractivity contribution in [1.82, 2.24) is 15.0 Å². The highest BCUT2D eigenvalue weighted by atomic mass is 19.1. The van der Waals surface area contributed by atoms with Crippen molar-refractivity contribution >= 4 is 5.91 Å². The number of primary amides is 1. The molecule has 0 aliphatic heterocycles. The van der Waals surface area contributed by atoms with Crippen LogP contribution in [0.25, 0.3) is 0 Å². The van der Waals surface area contributed by atoms with E-state index in [0.717, 1.165) is 0 Å². The summed E-state index contributed by atoms with van der Waals surface area (Å²) in [5.41, 5.74) is 5.03. The van der Waals surface area contributed by atoms with Crippen molar-refractivity contribution in [2.45, 2.75) is 13.0 Å². The van der Waals surface area contributed by atoms with Crippen molar-refractivity contribution in [2.24, 2.45) is 5.73 Å². The fourth-order valence-corrected chi connectivity index (χ4v) is 0.719. The smallest absolute Gasteiger partial charge is 0.270 e. The van der Waals surface area contributed by atoms with Crippen molar-refractivity contribution in [3.05, 3.63) is 11.9 Å². The Morgan fingerprint density at radius 3 is 3.00 bits per heavy atom. The first-order chi connectivity index (χ1) is 5.74. The average molecular weight is 172 g/mol. The molecule has 1 heterocycles. The van der Waals surface area contributed by atoms with Crippen LogP contribution in [0.1, 0.15) is 16.9 Å². The highest BCUT2D eigenvalue weighted by Crippen LogP contribution is 1.91. The number of aromatic nitrogens is 3. The molecule has 0 radical (unpaired) electrons. The summed E-state index contributed by atoms with van der Waals surface area (Å²) < 4.78 is 11.7. The molecule has 1 aromatic heterocycles. The van der Waals surface area contributed by atoms with E-state index in [1.807, 2.05) is 0 Å². The minimum absolute atomic E-state index is 0.105. The molecule has 0 bridgehead atoms. The number of nitrogens with zero attached hydrogens (tertiary/aromatic N) is 3. The van der Waals surface area contributed by atoms with E-state index in [0.29, 0.717) is 13.0 Å². The van der Waals surface area contributed by atoms with Gasteiger partial charge in [0.15, 0.2) is 5.69 Å². The third kappa shape index (κ3) is 2.01. The Labute approximate surface area is 68.4 Å². The zero-order valence-electron chi connectivity index (χ0n) is 6.40. The van der Waals surface area contributed by atoms with Gasteiger partial charge in [0.05, 0.1) is 19.4 Å². The molecular weight excluding hydrogens is 163 g/mol. The molecule has 6 heteroatoms. The Morgan fingerprint density at radius 2 is 2.50 bits per heavy atom. The lowest BCUT2D eigenvalue weighted by atomic mass is 10.5. The highest BCUT2D eigenvalue weighted by molar-refractivity contribution is 5.90. The molecule has 0 atom stereocenters. The van der Waals surface area contributed by atoms with Crippen molar-refractivity contribution in [1.29, 1.82) is 0 Å². The summed E-state index contributed by atoms with van der Waals surface area (Å²) in [6.45, 7) is -0.0583. The van der Waals surface area contributed by atoms with Gasteiger partial charge in [0.1, 0.15) is 0 Å². The Hall–Kier alpha value is -1.46. The zero-order valence-corrected chi connectivity index (χ0v) is 6.40. The fraction of sp³-hybridized carbons (Fsp3) is 0.500. The van der Waals surface area contributed by atoms with Crippen LogP contribution in [-0.4, -0.2) is 27.6 Å². The third-order valence-electron chi connectivity index (χ3n) is 1.28. The molecule has 2 N–H and O–H groups in total. The number of carbonyl (C=O) groups excluding carboxylic acids is 1. The number of hydrogen-bond donors (Lipinski definition) is 1. The van der Waals surface area contributed by atoms with Crippen molar-refractivity contribution < 1.29 is 9.18 Å². The SMILES string of the molecule is NC(=O)c1cnn(CCCF)n1. The van der Waals surface area contributed by atoms with Crippen LogP contribution in [0.2, 0.25) is 0 Å².